The summed E-state index contributed by atoms with van der Waals surface area (Å²) in [4.78, 5) is 21.8. The smallest absolute Gasteiger partial charge is 0.255 e. The highest BCUT2D eigenvalue weighted by molar-refractivity contribution is 5.95. The zero-order valence-electron chi connectivity index (χ0n) is 11.9. The molecule has 1 amide bonds. The van der Waals surface area contributed by atoms with Crippen LogP contribution >= 0.6 is 0 Å². The Kier molecular flexibility index (Phi) is 3.30. The number of hydrogen-bond acceptors (Lipinski definition) is 2. The molecule has 0 aliphatic carbocycles. The average Bonchev–Trinajstić information content (AvgIpc) is 3.07. The van der Waals surface area contributed by atoms with E-state index in [9.17, 15) is 4.79 Å². The average molecular weight is 269 g/mol. The third-order valence-corrected chi connectivity index (χ3v) is 4.01. The fourth-order valence-electron chi connectivity index (χ4n) is 2.81. The molecule has 2 aromatic heterocycles. The Morgan fingerprint density at radius 3 is 2.95 bits per heavy atom. The molecule has 1 aliphatic rings. The molecular formula is C16H19N3O. The lowest BCUT2D eigenvalue weighted by Crippen LogP contribution is -2.28. The number of carbonyl (C=O) groups excluding carboxylic acids is 1. The van der Waals surface area contributed by atoms with Crippen molar-refractivity contribution < 1.29 is 4.79 Å². The molecular weight excluding hydrogens is 250 g/mol. The van der Waals surface area contributed by atoms with Crippen LogP contribution in [0.3, 0.4) is 0 Å². The standard InChI is InChI=1S/C16H19N3O/c1-11-3-5-18-15(7-11)13-4-6-19(10-13)16(20)14-9-17-8-12(14)2/h3,5,7-9,13,17H,4,6,10H2,1-2H3/t13-/m1/s1. The Balaban J connectivity index is 1.74. The number of amides is 1. The first kappa shape index (κ1) is 12.9. The number of likely N-dealkylation sites (tertiary alicyclic amines) is 1. The van der Waals surface area contributed by atoms with Crippen molar-refractivity contribution in [2.75, 3.05) is 13.1 Å². The molecule has 0 saturated carbocycles. The number of aromatic amines is 1. The molecule has 3 rings (SSSR count). The summed E-state index contributed by atoms with van der Waals surface area (Å²) >= 11 is 0. The van der Waals surface area contributed by atoms with E-state index in [0.29, 0.717) is 5.92 Å². The molecule has 4 nitrogen and oxygen atoms in total. The number of aryl methyl sites for hydroxylation is 2. The highest BCUT2D eigenvalue weighted by atomic mass is 16.2. The van der Waals surface area contributed by atoms with E-state index in [-0.39, 0.29) is 5.91 Å². The minimum atomic E-state index is 0.124. The minimum Gasteiger partial charge on any atom is -0.367 e. The van der Waals surface area contributed by atoms with Gasteiger partial charge in [-0.25, -0.2) is 0 Å². The van der Waals surface area contributed by atoms with E-state index in [1.807, 2.05) is 30.3 Å². The van der Waals surface area contributed by atoms with Gasteiger partial charge in [-0.05, 0) is 43.5 Å². The molecule has 2 aromatic rings. The molecule has 1 N–H and O–H groups in total. The van der Waals surface area contributed by atoms with Crippen LogP contribution in [0.5, 0.6) is 0 Å². The van der Waals surface area contributed by atoms with Crippen molar-refractivity contribution in [1.29, 1.82) is 0 Å². The number of pyridine rings is 1. The van der Waals surface area contributed by atoms with E-state index in [1.165, 1.54) is 5.56 Å². The molecule has 0 bridgehead atoms. The van der Waals surface area contributed by atoms with Gasteiger partial charge in [0.2, 0.25) is 0 Å². The summed E-state index contributed by atoms with van der Waals surface area (Å²) in [5.74, 6) is 0.483. The van der Waals surface area contributed by atoms with E-state index in [2.05, 4.69) is 23.0 Å². The molecule has 0 spiro atoms. The van der Waals surface area contributed by atoms with Gasteiger partial charge in [-0.15, -0.1) is 0 Å². The second kappa shape index (κ2) is 5.12. The summed E-state index contributed by atoms with van der Waals surface area (Å²) in [5, 5.41) is 0. The lowest BCUT2D eigenvalue weighted by Gasteiger charge is -2.16. The first-order chi connectivity index (χ1) is 9.65. The van der Waals surface area contributed by atoms with E-state index in [4.69, 9.17) is 0 Å². The quantitative estimate of drug-likeness (QED) is 0.911. The van der Waals surface area contributed by atoms with Crippen LogP contribution in [-0.2, 0) is 0 Å². The lowest BCUT2D eigenvalue weighted by molar-refractivity contribution is 0.0790. The van der Waals surface area contributed by atoms with Gasteiger partial charge in [0, 0.05) is 43.3 Å². The fraction of sp³-hybridized carbons (Fsp3) is 0.375. The van der Waals surface area contributed by atoms with Crippen molar-refractivity contribution >= 4 is 5.91 Å². The minimum absolute atomic E-state index is 0.124. The normalized spacial score (nSPS) is 18.5. The number of aromatic nitrogens is 2. The maximum Gasteiger partial charge on any atom is 0.255 e. The van der Waals surface area contributed by atoms with Gasteiger partial charge in [0.05, 0.1) is 5.56 Å². The van der Waals surface area contributed by atoms with Crippen molar-refractivity contribution in [3.63, 3.8) is 0 Å². The summed E-state index contributed by atoms with van der Waals surface area (Å²) < 4.78 is 0. The van der Waals surface area contributed by atoms with Gasteiger partial charge in [-0.1, -0.05) is 0 Å². The zero-order valence-corrected chi connectivity index (χ0v) is 11.9. The Morgan fingerprint density at radius 2 is 2.25 bits per heavy atom. The van der Waals surface area contributed by atoms with Crippen molar-refractivity contribution in [3.8, 4) is 0 Å². The molecule has 3 heterocycles. The SMILES string of the molecule is Cc1ccnc([C@@H]2CCN(C(=O)c3c[nH]cc3C)C2)c1. The van der Waals surface area contributed by atoms with Crippen LogP contribution in [0, 0.1) is 13.8 Å². The van der Waals surface area contributed by atoms with Gasteiger partial charge in [-0.2, -0.15) is 0 Å². The maximum absolute atomic E-state index is 12.5. The third kappa shape index (κ3) is 2.33. The Morgan fingerprint density at radius 1 is 1.40 bits per heavy atom. The first-order valence-electron chi connectivity index (χ1n) is 7.00. The number of nitrogens with zero attached hydrogens (tertiary/aromatic N) is 2. The van der Waals surface area contributed by atoms with Gasteiger partial charge >= 0.3 is 0 Å². The predicted molar refractivity (Wildman–Crippen MR) is 77.8 cm³/mol. The van der Waals surface area contributed by atoms with Gasteiger partial charge in [0.15, 0.2) is 0 Å². The van der Waals surface area contributed by atoms with Gasteiger partial charge in [-0.3, -0.25) is 9.78 Å². The Hall–Kier alpha value is -2.10. The molecule has 1 fully saturated rings. The van der Waals surface area contributed by atoms with E-state index in [0.717, 1.165) is 36.3 Å². The van der Waals surface area contributed by atoms with E-state index < -0.39 is 0 Å². The van der Waals surface area contributed by atoms with Crippen molar-refractivity contribution in [2.45, 2.75) is 26.2 Å². The molecule has 4 heteroatoms. The van der Waals surface area contributed by atoms with Crippen molar-refractivity contribution in [3.05, 3.63) is 53.1 Å². The van der Waals surface area contributed by atoms with Gasteiger partial charge < -0.3 is 9.88 Å². The molecule has 104 valence electrons. The molecule has 0 unspecified atom stereocenters. The van der Waals surface area contributed by atoms with Crippen LogP contribution in [0.2, 0.25) is 0 Å². The second-order valence-corrected chi connectivity index (χ2v) is 5.55. The zero-order chi connectivity index (χ0) is 14.1. The highest BCUT2D eigenvalue weighted by Crippen LogP contribution is 2.27. The van der Waals surface area contributed by atoms with Crippen LogP contribution in [0.15, 0.2) is 30.7 Å². The predicted octanol–water partition coefficient (Wildman–Crippen LogP) is 2.66. The molecule has 0 aromatic carbocycles. The number of hydrogen-bond donors (Lipinski definition) is 1. The second-order valence-electron chi connectivity index (χ2n) is 5.55. The fourth-order valence-corrected chi connectivity index (χ4v) is 2.81. The summed E-state index contributed by atoms with van der Waals surface area (Å²) in [7, 11) is 0. The lowest BCUT2D eigenvalue weighted by atomic mass is 10.0. The van der Waals surface area contributed by atoms with Crippen LogP contribution < -0.4 is 0 Å². The number of nitrogens with one attached hydrogen (secondary N) is 1. The molecule has 0 radical (unpaired) electrons. The monoisotopic (exact) mass is 269 g/mol. The number of H-pyrrole nitrogens is 1. The topological polar surface area (TPSA) is 49.0 Å². The number of carbonyl (C=O) groups is 1. The van der Waals surface area contributed by atoms with Crippen LogP contribution in [-0.4, -0.2) is 33.9 Å². The molecule has 1 aliphatic heterocycles. The van der Waals surface area contributed by atoms with Crippen molar-refractivity contribution in [2.24, 2.45) is 0 Å². The number of rotatable bonds is 2. The van der Waals surface area contributed by atoms with Gasteiger partial charge in [0.1, 0.15) is 0 Å². The Labute approximate surface area is 118 Å². The van der Waals surface area contributed by atoms with Gasteiger partial charge in [0.25, 0.3) is 5.91 Å². The Bertz CT molecular complexity index is 632. The largest absolute Gasteiger partial charge is 0.367 e. The highest BCUT2D eigenvalue weighted by Gasteiger charge is 2.29. The van der Waals surface area contributed by atoms with E-state index in [1.54, 1.807) is 6.20 Å². The maximum atomic E-state index is 12.5. The molecule has 20 heavy (non-hydrogen) atoms. The summed E-state index contributed by atoms with van der Waals surface area (Å²) in [6.45, 7) is 5.61. The van der Waals surface area contributed by atoms with E-state index >= 15 is 0 Å². The van der Waals surface area contributed by atoms with Crippen LogP contribution in [0.4, 0.5) is 0 Å². The third-order valence-electron chi connectivity index (χ3n) is 4.01. The summed E-state index contributed by atoms with van der Waals surface area (Å²) in [6, 6.07) is 4.13. The summed E-state index contributed by atoms with van der Waals surface area (Å²) in [6.07, 6.45) is 6.50. The van der Waals surface area contributed by atoms with Crippen LogP contribution in [0.1, 0.15) is 39.5 Å². The molecule has 1 saturated heterocycles. The summed E-state index contributed by atoms with van der Waals surface area (Å²) in [5.41, 5.74) is 4.11. The molecule has 1 atom stereocenters. The first-order valence-corrected chi connectivity index (χ1v) is 7.00. The van der Waals surface area contributed by atoms with Crippen molar-refractivity contribution in [1.82, 2.24) is 14.9 Å². The van der Waals surface area contributed by atoms with Crippen LogP contribution in [0.25, 0.3) is 0 Å².